The molecule has 0 aliphatic heterocycles. The fourth-order valence-electron chi connectivity index (χ4n) is 2.55. The lowest BCUT2D eigenvalue weighted by Crippen LogP contribution is -2.20. The molecule has 9 nitrogen and oxygen atoms in total. The van der Waals surface area contributed by atoms with Crippen molar-refractivity contribution >= 4 is 35.6 Å². The second-order valence-corrected chi connectivity index (χ2v) is 6.44. The van der Waals surface area contributed by atoms with Crippen LogP contribution in [-0.2, 0) is 23.8 Å². The highest BCUT2D eigenvalue weighted by Crippen LogP contribution is 2.17. The smallest absolute Gasteiger partial charge is 0.337 e. The molecule has 1 amide bonds. The van der Waals surface area contributed by atoms with E-state index in [1.165, 1.54) is 44.6 Å². The van der Waals surface area contributed by atoms with Gasteiger partial charge in [-0.15, -0.1) is 0 Å². The minimum Gasteiger partial charge on any atom is -0.490 e. The Hall–Kier alpha value is -4.40. The van der Waals surface area contributed by atoms with E-state index < -0.39 is 30.4 Å². The average Bonchev–Trinajstić information content (AvgIpc) is 2.84. The molecule has 0 radical (unpaired) electrons. The van der Waals surface area contributed by atoms with Crippen molar-refractivity contribution in [3.05, 3.63) is 77.9 Å². The number of ether oxygens (including phenoxy) is 4. The van der Waals surface area contributed by atoms with Crippen LogP contribution in [0.5, 0.6) is 5.75 Å². The third kappa shape index (κ3) is 7.98. The highest BCUT2D eigenvalue weighted by molar-refractivity contribution is 6.00. The van der Waals surface area contributed by atoms with E-state index in [2.05, 4.69) is 21.4 Å². The van der Waals surface area contributed by atoms with Gasteiger partial charge < -0.3 is 24.3 Å². The van der Waals surface area contributed by atoms with Gasteiger partial charge in [0.25, 0.3) is 5.91 Å². The molecule has 2 rings (SSSR count). The van der Waals surface area contributed by atoms with Crippen molar-refractivity contribution in [3.63, 3.8) is 0 Å². The van der Waals surface area contributed by atoms with Gasteiger partial charge in [-0.05, 0) is 42.0 Å². The summed E-state index contributed by atoms with van der Waals surface area (Å²) in [5, 5.41) is 2.46. The molecule has 0 aliphatic carbocycles. The lowest BCUT2D eigenvalue weighted by Gasteiger charge is -2.09. The summed E-state index contributed by atoms with van der Waals surface area (Å²) in [7, 11) is 2.37. The van der Waals surface area contributed by atoms with Crippen molar-refractivity contribution in [3.8, 4) is 5.75 Å². The molecule has 2 aromatic carbocycles. The molecule has 0 aromatic heterocycles. The Kier molecular flexibility index (Phi) is 9.38. The molecule has 2 aromatic rings. The summed E-state index contributed by atoms with van der Waals surface area (Å²) < 4.78 is 19.6. The Morgan fingerprint density at radius 3 is 2.09 bits per heavy atom. The maximum Gasteiger partial charge on any atom is 0.337 e. The van der Waals surface area contributed by atoms with Crippen molar-refractivity contribution in [2.75, 3.05) is 32.8 Å². The zero-order valence-electron chi connectivity index (χ0n) is 18.2. The number of hydrogen-bond donors (Lipinski definition) is 1. The van der Waals surface area contributed by atoms with E-state index in [-0.39, 0.29) is 16.8 Å². The summed E-state index contributed by atoms with van der Waals surface area (Å²) >= 11 is 0. The fourth-order valence-corrected chi connectivity index (χ4v) is 2.55. The number of carbonyl (C=O) groups excluding carboxylic acids is 4. The fraction of sp³-hybridized carbons (Fsp3) is 0.167. The molecule has 9 heteroatoms. The summed E-state index contributed by atoms with van der Waals surface area (Å²) in [4.78, 5) is 47.7. The molecule has 0 saturated carbocycles. The minimum absolute atomic E-state index is 0.0385. The lowest BCUT2D eigenvalue weighted by atomic mass is 10.1. The molecular formula is C24H23NO8. The number of carbonyl (C=O) groups is 4. The number of amides is 1. The van der Waals surface area contributed by atoms with Crippen LogP contribution in [0.4, 0.5) is 5.69 Å². The Bertz CT molecular complexity index is 1020. The zero-order chi connectivity index (χ0) is 24.2. The zero-order valence-corrected chi connectivity index (χ0v) is 18.2. The van der Waals surface area contributed by atoms with Gasteiger partial charge in [0, 0.05) is 11.8 Å². The molecule has 0 saturated heterocycles. The van der Waals surface area contributed by atoms with Gasteiger partial charge in [-0.3, -0.25) is 4.79 Å². The summed E-state index contributed by atoms with van der Waals surface area (Å²) in [6.07, 6.45) is 4.34. The van der Waals surface area contributed by atoms with E-state index in [0.29, 0.717) is 12.4 Å². The Morgan fingerprint density at radius 2 is 1.55 bits per heavy atom. The van der Waals surface area contributed by atoms with E-state index in [9.17, 15) is 19.2 Å². The van der Waals surface area contributed by atoms with Crippen molar-refractivity contribution in [1.29, 1.82) is 0 Å². The predicted molar refractivity (Wildman–Crippen MR) is 120 cm³/mol. The molecule has 0 bridgehead atoms. The van der Waals surface area contributed by atoms with E-state index >= 15 is 0 Å². The summed E-state index contributed by atoms with van der Waals surface area (Å²) in [6, 6.07) is 10.9. The SMILES string of the molecule is C=CCOc1ccc(/C=C/C(=O)OCC(=O)Nc2cc(C(=O)OC)cc(C(=O)OC)c2)cc1. The first-order valence-electron chi connectivity index (χ1n) is 9.66. The van der Waals surface area contributed by atoms with Crippen LogP contribution in [0.1, 0.15) is 26.3 Å². The van der Waals surface area contributed by atoms with E-state index in [4.69, 9.17) is 9.47 Å². The third-order valence-corrected chi connectivity index (χ3v) is 4.06. The van der Waals surface area contributed by atoms with Crippen LogP contribution < -0.4 is 10.1 Å². The molecule has 0 spiro atoms. The number of methoxy groups -OCH3 is 2. The Morgan fingerprint density at radius 1 is 0.939 bits per heavy atom. The number of rotatable bonds is 10. The van der Waals surface area contributed by atoms with Crippen LogP contribution in [0.3, 0.4) is 0 Å². The second kappa shape index (κ2) is 12.5. The van der Waals surface area contributed by atoms with Crippen LogP contribution in [0.15, 0.2) is 61.2 Å². The third-order valence-electron chi connectivity index (χ3n) is 4.06. The summed E-state index contributed by atoms with van der Waals surface area (Å²) in [5.41, 5.74) is 0.944. The van der Waals surface area contributed by atoms with Crippen molar-refractivity contribution in [2.45, 2.75) is 0 Å². The normalized spacial score (nSPS) is 10.2. The first-order valence-corrected chi connectivity index (χ1v) is 9.66. The molecule has 0 unspecified atom stereocenters. The predicted octanol–water partition coefficient (Wildman–Crippen LogP) is 3.02. The van der Waals surface area contributed by atoms with E-state index in [1.807, 2.05) is 0 Å². The van der Waals surface area contributed by atoms with Gasteiger partial charge in [-0.25, -0.2) is 14.4 Å². The van der Waals surface area contributed by atoms with Crippen LogP contribution in [0.2, 0.25) is 0 Å². The van der Waals surface area contributed by atoms with Crippen molar-refractivity contribution < 1.29 is 38.1 Å². The van der Waals surface area contributed by atoms with Gasteiger partial charge >= 0.3 is 17.9 Å². The summed E-state index contributed by atoms with van der Waals surface area (Å²) in [5.74, 6) is -2.13. The standard InChI is InChI=1S/C24H23NO8/c1-4-11-32-20-8-5-16(6-9-20)7-10-22(27)33-15-21(26)25-19-13-17(23(28)30-2)12-18(14-19)24(29)31-3/h4-10,12-14H,1,11,15H2,2-3H3,(H,25,26)/b10-7+. The molecular weight excluding hydrogens is 430 g/mol. The van der Waals surface area contributed by atoms with Gasteiger partial charge in [0.1, 0.15) is 12.4 Å². The first-order chi connectivity index (χ1) is 15.9. The number of hydrogen-bond acceptors (Lipinski definition) is 8. The van der Waals surface area contributed by atoms with E-state index in [1.54, 1.807) is 30.3 Å². The maximum atomic E-state index is 12.2. The minimum atomic E-state index is -0.726. The monoisotopic (exact) mass is 453 g/mol. The van der Waals surface area contributed by atoms with Crippen LogP contribution in [-0.4, -0.2) is 51.2 Å². The number of nitrogens with one attached hydrogen (secondary N) is 1. The Labute approximate surface area is 190 Å². The molecule has 33 heavy (non-hydrogen) atoms. The maximum absolute atomic E-state index is 12.2. The second-order valence-electron chi connectivity index (χ2n) is 6.44. The van der Waals surface area contributed by atoms with Gasteiger partial charge in [0.2, 0.25) is 0 Å². The molecule has 172 valence electrons. The molecule has 0 atom stereocenters. The largest absolute Gasteiger partial charge is 0.490 e. The lowest BCUT2D eigenvalue weighted by molar-refractivity contribution is -0.142. The number of anilines is 1. The number of esters is 3. The van der Waals surface area contributed by atoms with Gasteiger partial charge in [0.05, 0.1) is 25.3 Å². The Balaban J connectivity index is 1.94. The van der Waals surface area contributed by atoms with Crippen molar-refractivity contribution in [2.24, 2.45) is 0 Å². The first kappa shape index (κ1) is 24.9. The number of benzene rings is 2. The highest BCUT2D eigenvalue weighted by Gasteiger charge is 2.15. The highest BCUT2D eigenvalue weighted by atomic mass is 16.5. The molecule has 0 fully saturated rings. The topological polar surface area (TPSA) is 117 Å². The van der Waals surface area contributed by atoms with Crippen LogP contribution in [0.25, 0.3) is 6.08 Å². The van der Waals surface area contributed by atoms with Gasteiger partial charge in [0.15, 0.2) is 6.61 Å². The summed E-state index contributed by atoms with van der Waals surface area (Å²) in [6.45, 7) is 3.38. The van der Waals surface area contributed by atoms with Crippen molar-refractivity contribution in [1.82, 2.24) is 0 Å². The van der Waals surface area contributed by atoms with Gasteiger partial charge in [-0.2, -0.15) is 0 Å². The molecule has 1 N–H and O–H groups in total. The molecule has 0 aliphatic rings. The van der Waals surface area contributed by atoms with Gasteiger partial charge in [-0.1, -0.05) is 24.8 Å². The average molecular weight is 453 g/mol. The quantitative estimate of drug-likeness (QED) is 0.253. The van der Waals surface area contributed by atoms with Crippen LogP contribution in [0, 0.1) is 0 Å². The van der Waals surface area contributed by atoms with E-state index in [0.717, 1.165) is 5.56 Å². The molecule has 0 heterocycles. The van der Waals surface area contributed by atoms with Crippen LogP contribution >= 0.6 is 0 Å².